The Morgan fingerprint density at radius 3 is 1.71 bits per heavy atom. The van der Waals surface area contributed by atoms with Crippen LogP contribution < -0.4 is 9.47 Å². The molecule has 13 nitrogen and oxygen atoms in total. The second-order valence-corrected chi connectivity index (χ2v) is 9.34. The van der Waals surface area contributed by atoms with E-state index in [0.29, 0.717) is 21.9 Å². The summed E-state index contributed by atoms with van der Waals surface area (Å²) >= 11 is 0. The predicted octanol–water partition coefficient (Wildman–Crippen LogP) is -2.30. The summed E-state index contributed by atoms with van der Waals surface area (Å²) in [6, 6.07) is 6.81. The highest BCUT2D eigenvalue weighted by molar-refractivity contribution is 5.98. The van der Waals surface area contributed by atoms with E-state index < -0.39 is 74.6 Å². The minimum absolute atomic E-state index is 0.00549. The minimum Gasteiger partial charge on any atom is -0.496 e. The van der Waals surface area contributed by atoms with Crippen LogP contribution in [0.4, 0.5) is 0 Å². The number of aliphatic hydroxyl groups excluding tert-OH is 8. The molecule has 208 valence electrons. The molecule has 0 bridgehead atoms. The number of benzene rings is 2. The summed E-state index contributed by atoms with van der Waals surface area (Å²) < 4.78 is 28.7. The fourth-order valence-electron chi connectivity index (χ4n) is 4.84. The SMILES string of the molecule is OCC1OC(Oc2c3c(c(OC4OC(CO)C(O)C(O)C4O)c4ccccc24)COC=C3)C(O)C(O)C1O. The van der Waals surface area contributed by atoms with Gasteiger partial charge in [-0.3, -0.25) is 0 Å². The fraction of sp³-hybridized carbons (Fsp3) is 0.520. The van der Waals surface area contributed by atoms with Crippen LogP contribution in [0.2, 0.25) is 0 Å². The van der Waals surface area contributed by atoms with E-state index in [-0.39, 0.29) is 18.1 Å². The topological polar surface area (TPSA) is 208 Å². The van der Waals surface area contributed by atoms with Gasteiger partial charge in [-0.2, -0.15) is 0 Å². The van der Waals surface area contributed by atoms with Crippen LogP contribution in [0.5, 0.6) is 11.5 Å². The Morgan fingerprint density at radius 1 is 0.684 bits per heavy atom. The van der Waals surface area contributed by atoms with Gasteiger partial charge in [-0.25, -0.2) is 0 Å². The van der Waals surface area contributed by atoms with Gasteiger partial charge < -0.3 is 64.5 Å². The van der Waals surface area contributed by atoms with Gasteiger partial charge in [-0.15, -0.1) is 0 Å². The number of fused-ring (bicyclic) bond motifs is 2. The molecule has 0 aromatic heterocycles. The van der Waals surface area contributed by atoms with Gasteiger partial charge in [-0.05, 0) is 6.08 Å². The number of ether oxygens (including phenoxy) is 5. The van der Waals surface area contributed by atoms with Crippen molar-refractivity contribution in [2.45, 2.75) is 68.0 Å². The highest BCUT2D eigenvalue weighted by atomic mass is 16.7. The highest BCUT2D eigenvalue weighted by Crippen LogP contribution is 2.45. The average Bonchev–Trinajstić information content (AvgIpc) is 2.94. The lowest BCUT2D eigenvalue weighted by Crippen LogP contribution is -2.60. The maximum atomic E-state index is 10.5. The van der Waals surface area contributed by atoms with Crippen molar-refractivity contribution in [3.8, 4) is 11.5 Å². The summed E-state index contributed by atoms with van der Waals surface area (Å²) in [5, 5.41) is 81.7. The lowest BCUT2D eigenvalue weighted by molar-refractivity contribution is -0.277. The van der Waals surface area contributed by atoms with Gasteiger partial charge in [0.2, 0.25) is 12.6 Å². The van der Waals surface area contributed by atoms with Crippen LogP contribution in [0.1, 0.15) is 11.1 Å². The van der Waals surface area contributed by atoms with Gasteiger partial charge >= 0.3 is 0 Å². The molecule has 2 fully saturated rings. The summed E-state index contributed by atoms with van der Waals surface area (Å²) in [5.41, 5.74) is 0.897. The third-order valence-electron chi connectivity index (χ3n) is 6.98. The number of hydrogen-bond acceptors (Lipinski definition) is 13. The van der Waals surface area contributed by atoms with Crippen molar-refractivity contribution < 1.29 is 64.5 Å². The molecule has 10 unspecified atom stereocenters. The lowest BCUT2D eigenvalue weighted by atomic mass is 9.96. The van der Waals surface area contributed by atoms with E-state index in [9.17, 15) is 40.9 Å². The Hall–Kier alpha value is -2.56. The summed E-state index contributed by atoms with van der Waals surface area (Å²) in [5.74, 6) is 0.436. The van der Waals surface area contributed by atoms with E-state index in [2.05, 4.69) is 0 Å². The van der Waals surface area contributed by atoms with Gasteiger partial charge in [0.05, 0.1) is 19.5 Å². The normalized spacial score (nSPS) is 36.9. The Bertz CT molecular complexity index is 1170. The van der Waals surface area contributed by atoms with Crippen LogP contribution in [0, 0.1) is 0 Å². The van der Waals surface area contributed by atoms with E-state index >= 15 is 0 Å². The van der Waals surface area contributed by atoms with Crippen LogP contribution >= 0.6 is 0 Å². The summed E-state index contributed by atoms with van der Waals surface area (Å²) in [7, 11) is 0. The third-order valence-corrected chi connectivity index (χ3v) is 6.98. The molecular formula is C25H30O13. The van der Waals surface area contributed by atoms with E-state index in [4.69, 9.17) is 23.7 Å². The minimum atomic E-state index is -1.65. The zero-order chi connectivity index (χ0) is 27.1. The zero-order valence-electron chi connectivity index (χ0n) is 20.0. The maximum Gasteiger partial charge on any atom is 0.229 e. The van der Waals surface area contributed by atoms with Gasteiger partial charge in [0.15, 0.2) is 0 Å². The number of rotatable bonds is 6. The molecule has 13 heteroatoms. The van der Waals surface area contributed by atoms with Crippen molar-refractivity contribution in [2.75, 3.05) is 13.2 Å². The Balaban J connectivity index is 1.56. The average molecular weight is 539 g/mol. The van der Waals surface area contributed by atoms with Crippen molar-refractivity contribution in [1.29, 1.82) is 0 Å². The first kappa shape index (κ1) is 27.0. The number of hydrogen-bond donors (Lipinski definition) is 8. The molecule has 3 aliphatic rings. The monoisotopic (exact) mass is 538 g/mol. The first-order valence-corrected chi connectivity index (χ1v) is 12.1. The van der Waals surface area contributed by atoms with Crippen LogP contribution in [-0.4, -0.2) is 115 Å². The largest absolute Gasteiger partial charge is 0.496 e. The van der Waals surface area contributed by atoms with Crippen molar-refractivity contribution in [3.05, 3.63) is 41.7 Å². The first-order chi connectivity index (χ1) is 18.3. The summed E-state index contributed by atoms with van der Waals surface area (Å²) in [6.45, 7) is -1.25. The van der Waals surface area contributed by atoms with Crippen LogP contribution in [0.25, 0.3) is 16.8 Å². The standard InChI is InChI=1S/C25H30O13/c26-7-14-16(28)18(30)20(32)24(35-14)37-22-10-3-1-2-4-11(10)23(13-9-34-6-5-12(13)22)38-25-21(33)19(31)17(29)15(8-27)36-25/h1-6,14-21,24-33H,7-9H2. The third kappa shape index (κ3) is 4.60. The smallest absolute Gasteiger partial charge is 0.229 e. The first-order valence-electron chi connectivity index (χ1n) is 12.1. The second-order valence-electron chi connectivity index (χ2n) is 9.34. The predicted molar refractivity (Wildman–Crippen MR) is 127 cm³/mol. The van der Waals surface area contributed by atoms with Gasteiger partial charge in [0.25, 0.3) is 0 Å². The molecular weight excluding hydrogens is 508 g/mol. The second kappa shape index (κ2) is 10.9. The molecule has 8 N–H and O–H groups in total. The lowest BCUT2D eigenvalue weighted by Gasteiger charge is -2.41. The van der Waals surface area contributed by atoms with Gasteiger partial charge in [0.1, 0.15) is 66.9 Å². The molecule has 0 spiro atoms. The molecule has 2 aromatic rings. The fourth-order valence-corrected chi connectivity index (χ4v) is 4.84. The van der Waals surface area contributed by atoms with E-state index in [0.717, 1.165) is 0 Å². The number of aliphatic hydroxyl groups is 8. The van der Waals surface area contributed by atoms with Crippen molar-refractivity contribution >= 4 is 16.8 Å². The molecule has 0 radical (unpaired) electrons. The molecule has 10 atom stereocenters. The zero-order valence-corrected chi connectivity index (χ0v) is 20.0. The quantitative estimate of drug-likeness (QED) is 0.195. The van der Waals surface area contributed by atoms with E-state index in [1.807, 2.05) is 0 Å². The Labute approximate surface area is 216 Å². The molecule has 2 aromatic carbocycles. The van der Waals surface area contributed by atoms with E-state index in [1.165, 1.54) is 6.26 Å². The molecule has 0 saturated carbocycles. The van der Waals surface area contributed by atoms with Crippen molar-refractivity contribution in [2.24, 2.45) is 0 Å². The maximum absolute atomic E-state index is 10.5. The molecule has 3 aliphatic heterocycles. The summed E-state index contributed by atoms with van der Waals surface area (Å²) in [6.07, 6.45) is -11.9. The highest BCUT2D eigenvalue weighted by Gasteiger charge is 2.47. The van der Waals surface area contributed by atoms with Crippen LogP contribution in [0.15, 0.2) is 30.5 Å². The Kier molecular flexibility index (Phi) is 7.75. The molecule has 38 heavy (non-hydrogen) atoms. The van der Waals surface area contributed by atoms with Crippen LogP contribution in [0.3, 0.4) is 0 Å². The summed E-state index contributed by atoms with van der Waals surface area (Å²) in [4.78, 5) is 0. The molecule has 2 saturated heterocycles. The van der Waals surface area contributed by atoms with Crippen LogP contribution in [-0.2, 0) is 20.8 Å². The molecule has 0 amide bonds. The van der Waals surface area contributed by atoms with Gasteiger partial charge in [-0.1, -0.05) is 24.3 Å². The molecule has 0 aliphatic carbocycles. The molecule has 5 rings (SSSR count). The Morgan fingerprint density at radius 2 is 1.18 bits per heavy atom. The van der Waals surface area contributed by atoms with Gasteiger partial charge in [0, 0.05) is 21.9 Å². The molecule has 3 heterocycles. The van der Waals surface area contributed by atoms with E-state index in [1.54, 1.807) is 30.3 Å². The van der Waals surface area contributed by atoms with Crippen molar-refractivity contribution in [3.63, 3.8) is 0 Å². The van der Waals surface area contributed by atoms with Crippen molar-refractivity contribution in [1.82, 2.24) is 0 Å².